The third kappa shape index (κ3) is 3.90. The van der Waals surface area contributed by atoms with Gasteiger partial charge >= 0.3 is 6.18 Å². The number of amides is 1. The lowest BCUT2D eigenvalue weighted by Crippen LogP contribution is -2.32. The van der Waals surface area contributed by atoms with Gasteiger partial charge in [-0.3, -0.25) is 9.59 Å². The average Bonchev–Trinajstić information content (AvgIpc) is 2.61. The zero-order valence-electron chi connectivity index (χ0n) is 9.91. The van der Waals surface area contributed by atoms with Gasteiger partial charge in [-0.05, 0) is 19.9 Å². The maximum Gasteiger partial charge on any atom is 0.454 e. The molecular formula is C11H13F3N2O2. The van der Waals surface area contributed by atoms with E-state index in [1.165, 1.54) is 10.8 Å². The highest BCUT2D eigenvalue weighted by Crippen LogP contribution is 2.21. The van der Waals surface area contributed by atoms with Crippen LogP contribution in [0.5, 0.6) is 0 Å². The number of aromatic nitrogens is 1. The third-order valence-electron chi connectivity index (χ3n) is 2.05. The van der Waals surface area contributed by atoms with Crippen molar-refractivity contribution in [2.45, 2.75) is 32.6 Å². The van der Waals surface area contributed by atoms with Crippen LogP contribution in [0.15, 0.2) is 18.5 Å². The number of alkyl halides is 3. The molecule has 0 aliphatic rings. The standard InChI is InChI=1S/C11H13F3N2O2/c1-7(2)15-9(17)6-16-4-3-8(5-16)10(18)11(12,13)14/h3-5,7H,6H2,1-2H3,(H,15,17). The smallest absolute Gasteiger partial charge is 0.352 e. The Bertz CT molecular complexity index is 449. The Morgan fingerprint density at radius 1 is 1.39 bits per heavy atom. The normalized spacial score (nSPS) is 11.7. The first-order chi connectivity index (χ1) is 8.20. The van der Waals surface area contributed by atoms with E-state index in [0.29, 0.717) is 0 Å². The first-order valence-corrected chi connectivity index (χ1v) is 5.27. The van der Waals surface area contributed by atoms with Gasteiger partial charge in [-0.1, -0.05) is 0 Å². The SMILES string of the molecule is CC(C)NC(=O)Cn1ccc(C(=O)C(F)(F)F)c1. The van der Waals surface area contributed by atoms with Gasteiger partial charge in [0.2, 0.25) is 5.91 Å². The van der Waals surface area contributed by atoms with Crippen LogP contribution in [0.3, 0.4) is 0 Å². The summed E-state index contributed by atoms with van der Waals surface area (Å²) < 4.78 is 37.7. The number of rotatable bonds is 4. The summed E-state index contributed by atoms with van der Waals surface area (Å²) in [6.07, 6.45) is -2.62. The molecule has 0 saturated heterocycles. The molecule has 100 valence electrons. The topological polar surface area (TPSA) is 51.1 Å². The second kappa shape index (κ2) is 5.24. The Morgan fingerprint density at radius 2 is 2.00 bits per heavy atom. The predicted molar refractivity (Wildman–Crippen MR) is 58.1 cm³/mol. The van der Waals surface area contributed by atoms with E-state index in [1.54, 1.807) is 13.8 Å². The molecule has 0 aliphatic heterocycles. The van der Waals surface area contributed by atoms with Gasteiger partial charge < -0.3 is 9.88 Å². The molecule has 1 N–H and O–H groups in total. The molecule has 1 rings (SSSR count). The van der Waals surface area contributed by atoms with E-state index >= 15 is 0 Å². The summed E-state index contributed by atoms with van der Waals surface area (Å²) in [5.41, 5.74) is -0.472. The molecule has 0 atom stereocenters. The van der Waals surface area contributed by atoms with Crippen molar-refractivity contribution in [3.8, 4) is 0 Å². The van der Waals surface area contributed by atoms with Gasteiger partial charge in [0.05, 0.1) is 0 Å². The van der Waals surface area contributed by atoms with Crippen LogP contribution in [0, 0.1) is 0 Å². The molecule has 18 heavy (non-hydrogen) atoms. The number of carbonyl (C=O) groups excluding carboxylic acids is 2. The van der Waals surface area contributed by atoms with Gasteiger partial charge in [0, 0.05) is 24.0 Å². The van der Waals surface area contributed by atoms with Crippen LogP contribution < -0.4 is 5.32 Å². The Kier molecular flexibility index (Phi) is 4.15. The molecule has 1 aromatic heterocycles. The van der Waals surface area contributed by atoms with Gasteiger partial charge in [0.15, 0.2) is 0 Å². The minimum absolute atomic E-state index is 0.0515. The number of halogens is 3. The van der Waals surface area contributed by atoms with Gasteiger partial charge in [0.1, 0.15) is 6.54 Å². The van der Waals surface area contributed by atoms with Crippen molar-refractivity contribution in [3.05, 3.63) is 24.0 Å². The van der Waals surface area contributed by atoms with Crippen molar-refractivity contribution in [2.75, 3.05) is 0 Å². The zero-order valence-corrected chi connectivity index (χ0v) is 9.91. The Morgan fingerprint density at radius 3 is 2.50 bits per heavy atom. The zero-order chi connectivity index (χ0) is 13.9. The fourth-order valence-corrected chi connectivity index (χ4v) is 1.37. The maximum absolute atomic E-state index is 12.1. The van der Waals surface area contributed by atoms with Crippen molar-refractivity contribution in [2.24, 2.45) is 0 Å². The molecule has 0 aliphatic carbocycles. The lowest BCUT2D eigenvalue weighted by atomic mass is 10.2. The fraction of sp³-hybridized carbons (Fsp3) is 0.455. The number of hydrogen-bond donors (Lipinski definition) is 1. The summed E-state index contributed by atoms with van der Waals surface area (Å²) in [6.45, 7) is 3.42. The van der Waals surface area contributed by atoms with Crippen LogP contribution in [0.4, 0.5) is 13.2 Å². The van der Waals surface area contributed by atoms with E-state index in [2.05, 4.69) is 5.32 Å². The first-order valence-electron chi connectivity index (χ1n) is 5.27. The average molecular weight is 262 g/mol. The molecule has 4 nitrogen and oxygen atoms in total. The molecule has 1 heterocycles. The minimum atomic E-state index is -4.90. The molecule has 1 aromatic rings. The van der Waals surface area contributed by atoms with Gasteiger partial charge in [-0.25, -0.2) is 0 Å². The molecule has 0 aromatic carbocycles. The van der Waals surface area contributed by atoms with E-state index in [-0.39, 0.29) is 18.5 Å². The first kappa shape index (κ1) is 14.3. The van der Waals surface area contributed by atoms with E-state index < -0.39 is 17.5 Å². The second-order valence-electron chi connectivity index (χ2n) is 4.12. The number of nitrogens with one attached hydrogen (secondary N) is 1. The van der Waals surface area contributed by atoms with Crippen molar-refractivity contribution < 1.29 is 22.8 Å². The summed E-state index contributed by atoms with van der Waals surface area (Å²) in [4.78, 5) is 22.3. The summed E-state index contributed by atoms with van der Waals surface area (Å²) >= 11 is 0. The van der Waals surface area contributed by atoms with Crippen LogP contribution in [0.25, 0.3) is 0 Å². The molecule has 0 unspecified atom stereocenters. The Hall–Kier alpha value is -1.79. The van der Waals surface area contributed by atoms with Crippen molar-refractivity contribution in [1.29, 1.82) is 0 Å². The highest BCUT2D eigenvalue weighted by molar-refractivity contribution is 6.00. The van der Waals surface area contributed by atoms with Gasteiger partial charge in [-0.2, -0.15) is 13.2 Å². The van der Waals surface area contributed by atoms with Crippen LogP contribution in [-0.2, 0) is 11.3 Å². The number of ketones is 1. The summed E-state index contributed by atoms with van der Waals surface area (Å²) in [5.74, 6) is -2.24. The van der Waals surface area contributed by atoms with Crippen molar-refractivity contribution in [1.82, 2.24) is 9.88 Å². The van der Waals surface area contributed by atoms with E-state index in [1.807, 2.05) is 0 Å². The quantitative estimate of drug-likeness (QED) is 0.840. The van der Waals surface area contributed by atoms with E-state index in [4.69, 9.17) is 0 Å². The van der Waals surface area contributed by atoms with Crippen LogP contribution in [-0.4, -0.2) is 28.5 Å². The molecule has 7 heteroatoms. The molecule has 0 spiro atoms. The van der Waals surface area contributed by atoms with Crippen LogP contribution in [0.2, 0.25) is 0 Å². The second-order valence-corrected chi connectivity index (χ2v) is 4.12. The predicted octanol–water partition coefficient (Wildman–Crippen LogP) is 1.76. The highest BCUT2D eigenvalue weighted by atomic mass is 19.4. The van der Waals surface area contributed by atoms with Gasteiger partial charge in [0.25, 0.3) is 5.78 Å². The molecule has 0 saturated carbocycles. The van der Waals surface area contributed by atoms with E-state index in [0.717, 1.165) is 12.3 Å². The summed E-state index contributed by atoms with van der Waals surface area (Å²) in [5, 5.41) is 2.59. The van der Waals surface area contributed by atoms with Crippen LogP contribution in [0.1, 0.15) is 24.2 Å². The number of carbonyl (C=O) groups is 2. The lowest BCUT2D eigenvalue weighted by molar-refractivity contribution is -0.122. The summed E-state index contributed by atoms with van der Waals surface area (Å²) in [6, 6.07) is 0.989. The van der Waals surface area contributed by atoms with Crippen molar-refractivity contribution in [3.63, 3.8) is 0 Å². The molecular weight excluding hydrogens is 249 g/mol. The summed E-state index contributed by atoms with van der Waals surface area (Å²) in [7, 11) is 0. The van der Waals surface area contributed by atoms with Gasteiger partial charge in [-0.15, -0.1) is 0 Å². The Labute approximate surface area is 102 Å². The van der Waals surface area contributed by atoms with Crippen molar-refractivity contribution >= 4 is 11.7 Å². The molecule has 0 bridgehead atoms. The number of Topliss-reactive ketones (excluding diaryl/α,β-unsaturated/α-hetero) is 1. The largest absolute Gasteiger partial charge is 0.454 e. The Balaban J connectivity index is 2.70. The third-order valence-corrected chi connectivity index (χ3v) is 2.05. The molecule has 0 radical (unpaired) electrons. The fourth-order valence-electron chi connectivity index (χ4n) is 1.37. The highest BCUT2D eigenvalue weighted by Gasteiger charge is 2.39. The maximum atomic E-state index is 12.1. The number of hydrogen-bond acceptors (Lipinski definition) is 2. The van der Waals surface area contributed by atoms with E-state index in [9.17, 15) is 22.8 Å². The molecule has 1 amide bonds. The monoisotopic (exact) mass is 262 g/mol. The number of nitrogens with zero attached hydrogens (tertiary/aromatic N) is 1. The minimum Gasteiger partial charge on any atom is -0.352 e. The van der Waals surface area contributed by atoms with Crippen LogP contribution >= 0.6 is 0 Å². The molecule has 0 fully saturated rings. The lowest BCUT2D eigenvalue weighted by Gasteiger charge is -2.08.